The molecule has 2 aromatic carbocycles. The Labute approximate surface area is 136 Å². The third kappa shape index (κ3) is 2.53. The largest absolute Gasteiger partial charge is 0.343 e. The smallest absolute Gasteiger partial charge is 0.0499 e. The first-order chi connectivity index (χ1) is 11.3. The van der Waals surface area contributed by atoms with Gasteiger partial charge in [0.25, 0.3) is 0 Å². The predicted molar refractivity (Wildman–Crippen MR) is 95.5 cm³/mol. The lowest BCUT2D eigenvalue weighted by atomic mass is 10.0. The lowest BCUT2D eigenvalue weighted by Crippen LogP contribution is -2.01. The van der Waals surface area contributed by atoms with Crippen LogP contribution in [0, 0.1) is 6.92 Å². The highest BCUT2D eigenvalue weighted by atomic mass is 15.0. The normalized spacial score (nSPS) is 11.0. The Hall–Kier alpha value is -2.87. The third-order valence-corrected chi connectivity index (χ3v) is 4.36. The molecule has 2 nitrogen and oxygen atoms in total. The summed E-state index contributed by atoms with van der Waals surface area (Å²) in [6, 6.07) is 21.4. The van der Waals surface area contributed by atoms with Crippen molar-refractivity contribution in [3.63, 3.8) is 0 Å². The number of nitrogens with zero attached hydrogens (tertiary/aromatic N) is 2. The van der Waals surface area contributed by atoms with E-state index in [0.29, 0.717) is 0 Å². The van der Waals surface area contributed by atoms with Gasteiger partial charge in [0.1, 0.15) is 0 Å². The van der Waals surface area contributed by atoms with E-state index in [1.807, 2.05) is 18.5 Å². The summed E-state index contributed by atoms with van der Waals surface area (Å²) in [5, 5.41) is 2.67. The van der Waals surface area contributed by atoms with E-state index in [9.17, 15) is 0 Å². The van der Waals surface area contributed by atoms with Gasteiger partial charge in [-0.3, -0.25) is 4.98 Å². The van der Waals surface area contributed by atoms with Crippen LogP contribution in [0.4, 0.5) is 0 Å². The molecule has 4 rings (SSSR count). The van der Waals surface area contributed by atoms with Crippen molar-refractivity contribution in [2.75, 3.05) is 0 Å². The minimum Gasteiger partial charge on any atom is -0.343 e. The Kier molecular flexibility index (Phi) is 3.43. The SMILES string of the molecule is Cc1ccc(Cn2cccc2-c2cccnc2)c2ccccc12. The summed E-state index contributed by atoms with van der Waals surface area (Å²) < 4.78 is 2.29. The molecule has 0 aliphatic carbocycles. The van der Waals surface area contributed by atoms with E-state index < -0.39 is 0 Å². The van der Waals surface area contributed by atoms with Gasteiger partial charge in [-0.05, 0) is 53.1 Å². The molecular formula is C21H18N2. The zero-order chi connectivity index (χ0) is 15.6. The summed E-state index contributed by atoms with van der Waals surface area (Å²) in [4.78, 5) is 4.24. The van der Waals surface area contributed by atoms with Crippen LogP contribution in [0.2, 0.25) is 0 Å². The zero-order valence-corrected chi connectivity index (χ0v) is 13.1. The van der Waals surface area contributed by atoms with Gasteiger partial charge in [0.05, 0.1) is 0 Å². The minimum atomic E-state index is 0.859. The van der Waals surface area contributed by atoms with Crippen molar-refractivity contribution in [1.29, 1.82) is 0 Å². The average molecular weight is 298 g/mol. The van der Waals surface area contributed by atoms with Crippen LogP contribution in [-0.4, -0.2) is 9.55 Å². The van der Waals surface area contributed by atoms with Gasteiger partial charge in [-0.1, -0.05) is 36.4 Å². The first kappa shape index (κ1) is 13.8. The fourth-order valence-electron chi connectivity index (χ4n) is 3.16. The molecule has 0 aliphatic heterocycles. The highest BCUT2D eigenvalue weighted by Crippen LogP contribution is 2.25. The van der Waals surface area contributed by atoms with E-state index in [1.54, 1.807) is 0 Å². The summed E-state index contributed by atoms with van der Waals surface area (Å²) in [5.74, 6) is 0. The fourth-order valence-corrected chi connectivity index (χ4v) is 3.16. The molecule has 0 unspecified atom stereocenters. The number of fused-ring (bicyclic) bond motifs is 1. The lowest BCUT2D eigenvalue weighted by molar-refractivity contribution is 0.819. The molecule has 2 heteroatoms. The van der Waals surface area contributed by atoms with Gasteiger partial charge in [0.2, 0.25) is 0 Å². The highest BCUT2D eigenvalue weighted by molar-refractivity contribution is 5.88. The molecule has 2 heterocycles. The molecule has 0 spiro atoms. The summed E-state index contributed by atoms with van der Waals surface area (Å²) in [5.41, 5.74) is 5.01. The lowest BCUT2D eigenvalue weighted by Gasteiger charge is -2.13. The first-order valence-corrected chi connectivity index (χ1v) is 7.86. The fraction of sp³-hybridized carbons (Fsp3) is 0.0952. The number of benzene rings is 2. The van der Waals surface area contributed by atoms with E-state index in [2.05, 4.69) is 77.3 Å². The molecule has 23 heavy (non-hydrogen) atoms. The maximum Gasteiger partial charge on any atom is 0.0499 e. The zero-order valence-electron chi connectivity index (χ0n) is 13.1. The van der Waals surface area contributed by atoms with Gasteiger partial charge >= 0.3 is 0 Å². The molecule has 0 amide bonds. The van der Waals surface area contributed by atoms with Crippen LogP contribution in [0.3, 0.4) is 0 Å². The van der Waals surface area contributed by atoms with Gasteiger partial charge in [-0.25, -0.2) is 0 Å². The van der Waals surface area contributed by atoms with Crippen molar-refractivity contribution in [3.8, 4) is 11.3 Å². The Bertz CT molecular complexity index is 952. The number of pyridine rings is 1. The van der Waals surface area contributed by atoms with Crippen LogP contribution >= 0.6 is 0 Å². The minimum absolute atomic E-state index is 0.859. The van der Waals surface area contributed by atoms with Crippen LogP contribution in [0.5, 0.6) is 0 Å². The van der Waals surface area contributed by atoms with Gasteiger partial charge < -0.3 is 4.57 Å². The van der Waals surface area contributed by atoms with E-state index >= 15 is 0 Å². The third-order valence-electron chi connectivity index (χ3n) is 4.36. The van der Waals surface area contributed by atoms with E-state index in [4.69, 9.17) is 0 Å². The Morgan fingerprint density at radius 1 is 0.870 bits per heavy atom. The molecule has 0 aliphatic rings. The van der Waals surface area contributed by atoms with Crippen molar-refractivity contribution < 1.29 is 0 Å². The molecule has 112 valence electrons. The van der Waals surface area contributed by atoms with Gasteiger partial charge in [0.15, 0.2) is 0 Å². The van der Waals surface area contributed by atoms with Crippen molar-refractivity contribution in [1.82, 2.24) is 9.55 Å². The van der Waals surface area contributed by atoms with Gasteiger partial charge in [0, 0.05) is 36.4 Å². The second-order valence-corrected chi connectivity index (χ2v) is 5.85. The summed E-state index contributed by atoms with van der Waals surface area (Å²) in [6.07, 6.45) is 5.86. The van der Waals surface area contributed by atoms with Gasteiger partial charge in [-0.2, -0.15) is 0 Å². The molecule has 0 saturated carbocycles. The summed E-state index contributed by atoms with van der Waals surface area (Å²) in [7, 11) is 0. The van der Waals surface area contributed by atoms with Gasteiger partial charge in [-0.15, -0.1) is 0 Å². The number of rotatable bonds is 3. The molecule has 0 radical (unpaired) electrons. The summed E-state index contributed by atoms with van der Waals surface area (Å²) >= 11 is 0. The molecule has 4 aromatic rings. The van der Waals surface area contributed by atoms with Crippen LogP contribution in [0.15, 0.2) is 79.3 Å². The average Bonchev–Trinajstić information content (AvgIpc) is 3.07. The standard InChI is InChI=1S/C21H18N2/c1-16-10-11-18(20-8-3-2-7-19(16)20)15-23-13-5-9-21(23)17-6-4-12-22-14-17/h2-14H,15H2,1H3. The molecule has 2 aromatic heterocycles. The van der Waals surface area contributed by atoms with Crippen LogP contribution in [0.25, 0.3) is 22.0 Å². The topological polar surface area (TPSA) is 17.8 Å². The van der Waals surface area contributed by atoms with Crippen LogP contribution in [-0.2, 0) is 6.54 Å². The summed E-state index contributed by atoms with van der Waals surface area (Å²) in [6.45, 7) is 3.03. The maximum absolute atomic E-state index is 4.24. The van der Waals surface area contributed by atoms with Crippen LogP contribution in [0.1, 0.15) is 11.1 Å². The second-order valence-electron chi connectivity index (χ2n) is 5.85. The number of aryl methyl sites for hydroxylation is 1. The van der Waals surface area contributed by atoms with Crippen molar-refractivity contribution in [2.45, 2.75) is 13.5 Å². The number of hydrogen-bond acceptors (Lipinski definition) is 1. The quantitative estimate of drug-likeness (QED) is 0.517. The Morgan fingerprint density at radius 2 is 1.74 bits per heavy atom. The second kappa shape index (κ2) is 5.73. The van der Waals surface area contributed by atoms with E-state index in [1.165, 1.54) is 27.6 Å². The molecule has 0 N–H and O–H groups in total. The first-order valence-electron chi connectivity index (χ1n) is 7.86. The Balaban J connectivity index is 1.79. The number of hydrogen-bond donors (Lipinski definition) is 0. The van der Waals surface area contributed by atoms with E-state index in [0.717, 1.165) is 12.1 Å². The molecule has 0 bridgehead atoms. The highest BCUT2D eigenvalue weighted by Gasteiger charge is 2.08. The molecule has 0 atom stereocenters. The molecule has 0 saturated heterocycles. The van der Waals surface area contributed by atoms with Crippen molar-refractivity contribution in [2.24, 2.45) is 0 Å². The van der Waals surface area contributed by atoms with Crippen molar-refractivity contribution >= 4 is 10.8 Å². The predicted octanol–water partition coefficient (Wildman–Crippen LogP) is 5.06. The van der Waals surface area contributed by atoms with Crippen molar-refractivity contribution in [3.05, 3.63) is 90.4 Å². The Morgan fingerprint density at radius 3 is 2.57 bits per heavy atom. The van der Waals surface area contributed by atoms with E-state index in [-0.39, 0.29) is 0 Å². The molecular weight excluding hydrogens is 280 g/mol. The molecule has 0 fully saturated rings. The number of aromatic nitrogens is 2. The van der Waals surface area contributed by atoms with Crippen LogP contribution < -0.4 is 0 Å². The monoisotopic (exact) mass is 298 g/mol. The maximum atomic E-state index is 4.24.